The van der Waals surface area contributed by atoms with Crippen molar-refractivity contribution in [2.45, 2.75) is 19.0 Å². The third-order valence-corrected chi connectivity index (χ3v) is 5.91. The number of nitrogens with zero attached hydrogens (tertiary/aromatic N) is 3. The van der Waals surface area contributed by atoms with Crippen LogP contribution < -0.4 is 10.2 Å². The van der Waals surface area contributed by atoms with Crippen molar-refractivity contribution in [2.24, 2.45) is 0 Å². The number of rotatable bonds is 4. The van der Waals surface area contributed by atoms with Crippen molar-refractivity contribution in [3.8, 4) is 5.69 Å². The SMILES string of the molecule is Cc1ccccc1-n1cccc1[C@H]1[C@H](c2ccccn2)NC(=S)N1c1ccccc1. The number of hydrogen-bond acceptors (Lipinski definition) is 2. The van der Waals surface area contributed by atoms with E-state index in [4.69, 9.17) is 12.2 Å². The minimum absolute atomic E-state index is 0.0376. The molecule has 4 nitrogen and oxygen atoms in total. The zero-order valence-electron chi connectivity index (χ0n) is 16.6. The Bertz CT molecular complexity index is 1170. The van der Waals surface area contributed by atoms with Crippen molar-refractivity contribution in [3.05, 3.63) is 114 Å². The van der Waals surface area contributed by atoms with Gasteiger partial charge in [-0.2, -0.15) is 0 Å². The van der Waals surface area contributed by atoms with E-state index in [0.717, 1.165) is 17.1 Å². The predicted molar refractivity (Wildman–Crippen MR) is 125 cm³/mol. The Kier molecular flexibility index (Phi) is 4.81. The third-order valence-electron chi connectivity index (χ3n) is 5.59. The van der Waals surface area contributed by atoms with Gasteiger partial charge in [0, 0.05) is 29.5 Å². The van der Waals surface area contributed by atoms with Gasteiger partial charge in [0.25, 0.3) is 0 Å². The van der Waals surface area contributed by atoms with Crippen molar-refractivity contribution in [1.82, 2.24) is 14.9 Å². The van der Waals surface area contributed by atoms with Gasteiger partial charge in [-0.05, 0) is 67.2 Å². The van der Waals surface area contributed by atoms with Crippen LogP contribution in [0.3, 0.4) is 0 Å². The third kappa shape index (κ3) is 3.17. The van der Waals surface area contributed by atoms with Crippen LogP contribution in [-0.2, 0) is 0 Å². The lowest BCUT2D eigenvalue weighted by molar-refractivity contribution is 0.549. The molecular formula is C25H22N4S. The fourth-order valence-corrected chi connectivity index (χ4v) is 4.56. The van der Waals surface area contributed by atoms with Gasteiger partial charge in [-0.1, -0.05) is 42.5 Å². The lowest BCUT2D eigenvalue weighted by Gasteiger charge is -2.29. The molecule has 1 aliphatic rings. The number of para-hydroxylation sites is 2. The van der Waals surface area contributed by atoms with Gasteiger partial charge < -0.3 is 14.8 Å². The Morgan fingerprint density at radius 1 is 0.867 bits per heavy atom. The Morgan fingerprint density at radius 2 is 1.63 bits per heavy atom. The van der Waals surface area contributed by atoms with E-state index in [9.17, 15) is 0 Å². The number of thiocarbonyl (C=S) groups is 1. The minimum Gasteiger partial charge on any atom is -0.351 e. The Morgan fingerprint density at radius 3 is 2.40 bits per heavy atom. The van der Waals surface area contributed by atoms with Crippen molar-refractivity contribution < 1.29 is 0 Å². The van der Waals surface area contributed by atoms with Crippen molar-refractivity contribution in [3.63, 3.8) is 0 Å². The molecule has 30 heavy (non-hydrogen) atoms. The zero-order valence-corrected chi connectivity index (χ0v) is 17.5. The molecule has 4 aromatic rings. The van der Waals surface area contributed by atoms with Crippen LogP contribution in [0.15, 0.2) is 97.3 Å². The summed E-state index contributed by atoms with van der Waals surface area (Å²) in [6, 6.07) is 29.0. The van der Waals surface area contributed by atoms with E-state index in [1.165, 1.54) is 11.3 Å². The largest absolute Gasteiger partial charge is 0.351 e. The molecule has 0 radical (unpaired) electrons. The average Bonchev–Trinajstić information content (AvgIpc) is 3.39. The van der Waals surface area contributed by atoms with Crippen LogP contribution in [0.4, 0.5) is 5.69 Å². The highest BCUT2D eigenvalue weighted by Crippen LogP contribution is 2.42. The molecule has 2 atom stereocenters. The molecule has 0 amide bonds. The number of pyridine rings is 1. The number of hydrogen-bond donors (Lipinski definition) is 1. The first-order chi connectivity index (χ1) is 14.7. The molecule has 0 bridgehead atoms. The molecule has 2 aromatic carbocycles. The van der Waals surface area contributed by atoms with Crippen LogP contribution in [0.25, 0.3) is 5.69 Å². The molecule has 5 rings (SSSR count). The van der Waals surface area contributed by atoms with Crippen molar-refractivity contribution in [2.75, 3.05) is 4.90 Å². The molecule has 0 unspecified atom stereocenters. The molecule has 2 aromatic heterocycles. The summed E-state index contributed by atoms with van der Waals surface area (Å²) in [5.74, 6) is 0. The monoisotopic (exact) mass is 410 g/mol. The minimum atomic E-state index is -0.0587. The average molecular weight is 411 g/mol. The Hall–Kier alpha value is -3.44. The molecule has 0 aliphatic carbocycles. The van der Waals surface area contributed by atoms with E-state index in [-0.39, 0.29) is 12.1 Å². The molecule has 0 spiro atoms. The molecule has 3 heterocycles. The van der Waals surface area contributed by atoms with Crippen LogP contribution in [0.5, 0.6) is 0 Å². The second-order valence-corrected chi connectivity index (χ2v) is 7.81. The van der Waals surface area contributed by atoms with E-state index >= 15 is 0 Å². The lowest BCUT2D eigenvalue weighted by atomic mass is 10.0. The van der Waals surface area contributed by atoms with Crippen molar-refractivity contribution in [1.29, 1.82) is 0 Å². The maximum absolute atomic E-state index is 5.81. The summed E-state index contributed by atoms with van der Waals surface area (Å²) >= 11 is 5.81. The number of aryl methyl sites for hydroxylation is 1. The van der Waals surface area contributed by atoms with E-state index in [1.54, 1.807) is 0 Å². The molecule has 1 N–H and O–H groups in total. The smallest absolute Gasteiger partial charge is 0.174 e. The van der Waals surface area contributed by atoms with E-state index in [2.05, 4.69) is 87.5 Å². The van der Waals surface area contributed by atoms with Gasteiger partial charge in [-0.3, -0.25) is 4.98 Å². The van der Waals surface area contributed by atoms with Crippen LogP contribution in [-0.4, -0.2) is 14.7 Å². The van der Waals surface area contributed by atoms with Gasteiger partial charge in [-0.15, -0.1) is 0 Å². The maximum Gasteiger partial charge on any atom is 0.174 e. The summed E-state index contributed by atoms with van der Waals surface area (Å²) in [5, 5.41) is 4.24. The van der Waals surface area contributed by atoms with Gasteiger partial charge in [0.15, 0.2) is 5.11 Å². The van der Waals surface area contributed by atoms with Crippen LogP contribution in [0.1, 0.15) is 29.0 Å². The van der Waals surface area contributed by atoms with Gasteiger partial charge in [0.2, 0.25) is 0 Å². The highest BCUT2D eigenvalue weighted by molar-refractivity contribution is 7.80. The fourth-order valence-electron chi connectivity index (χ4n) is 4.21. The first kappa shape index (κ1) is 18.6. The van der Waals surface area contributed by atoms with Gasteiger partial charge in [0.1, 0.15) is 6.04 Å². The first-order valence-electron chi connectivity index (χ1n) is 10.0. The summed E-state index contributed by atoms with van der Waals surface area (Å²) in [6.45, 7) is 2.14. The molecule has 1 aliphatic heterocycles. The molecule has 5 heteroatoms. The lowest BCUT2D eigenvalue weighted by Crippen LogP contribution is -2.30. The van der Waals surface area contributed by atoms with Crippen LogP contribution in [0.2, 0.25) is 0 Å². The summed E-state index contributed by atoms with van der Waals surface area (Å²) < 4.78 is 2.27. The number of aromatic nitrogens is 2. The summed E-state index contributed by atoms with van der Waals surface area (Å²) in [4.78, 5) is 6.85. The summed E-state index contributed by atoms with van der Waals surface area (Å²) in [6.07, 6.45) is 3.96. The number of anilines is 1. The highest BCUT2D eigenvalue weighted by Gasteiger charge is 2.42. The molecule has 1 fully saturated rings. The predicted octanol–water partition coefficient (Wildman–Crippen LogP) is 5.36. The second kappa shape index (κ2) is 7.76. The standard InChI is InChI=1S/C25H22N4S/c1-18-10-5-6-14-21(18)28-17-9-15-22(28)24-23(20-13-7-8-16-26-20)27-25(30)29(24)19-11-3-2-4-12-19/h2-17,23-24H,1H3,(H,27,30)/t23-,24-/m0/s1. The molecule has 0 saturated carbocycles. The number of benzene rings is 2. The fraction of sp³-hybridized carbons (Fsp3) is 0.120. The molecule has 148 valence electrons. The molecule has 1 saturated heterocycles. The molecular weight excluding hydrogens is 388 g/mol. The van der Waals surface area contributed by atoms with E-state index in [0.29, 0.717) is 5.11 Å². The van der Waals surface area contributed by atoms with Gasteiger partial charge in [-0.25, -0.2) is 0 Å². The normalized spacial score (nSPS) is 18.4. The van der Waals surface area contributed by atoms with Gasteiger partial charge in [0.05, 0.1) is 11.7 Å². The van der Waals surface area contributed by atoms with Crippen LogP contribution >= 0.6 is 12.2 Å². The van der Waals surface area contributed by atoms with Crippen molar-refractivity contribution >= 4 is 23.0 Å². The zero-order chi connectivity index (χ0) is 20.5. The summed E-state index contributed by atoms with van der Waals surface area (Å²) in [7, 11) is 0. The maximum atomic E-state index is 5.81. The number of nitrogens with one attached hydrogen (secondary N) is 1. The second-order valence-electron chi connectivity index (χ2n) is 7.42. The van der Waals surface area contributed by atoms with Gasteiger partial charge >= 0.3 is 0 Å². The summed E-state index contributed by atoms with van der Waals surface area (Å²) in [5.41, 5.74) is 5.60. The Balaban J connectivity index is 1.69. The van der Waals surface area contributed by atoms with E-state index < -0.39 is 0 Å². The van der Waals surface area contributed by atoms with E-state index in [1.807, 2.05) is 36.5 Å². The van der Waals surface area contributed by atoms with Crippen LogP contribution in [0, 0.1) is 6.92 Å². The Labute approximate surface area is 181 Å². The highest BCUT2D eigenvalue weighted by atomic mass is 32.1. The first-order valence-corrected chi connectivity index (χ1v) is 10.4. The topological polar surface area (TPSA) is 33.1 Å². The quantitative estimate of drug-likeness (QED) is 0.459.